The molecule has 0 aromatic heterocycles. The predicted octanol–water partition coefficient (Wildman–Crippen LogP) is 3.46. The van der Waals surface area contributed by atoms with Gasteiger partial charge in [0.05, 0.1) is 20.6 Å². The fraction of sp³-hybridized carbons (Fsp3) is 0.333. The summed E-state index contributed by atoms with van der Waals surface area (Å²) < 4.78 is 0.784. The molecule has 3 rings (SSSR count). The lowest BCUT2D eigenvalue weighted by Crippen LogP contribution is -3.00. The number of hydrogen-bond donors (Lipinski definition) is 0. The number of ketones is 2. The van der Waals surface area contributed by atoms with Gasteiger partial charge in [-0.3, -0.25) is 9.59 Å². The summed E-state index contributed by atoms with van der Waals surface area (Å²) >= 11 is 0. The normalized spacial score (nSPS) is 11.7. The molecule has 3 nitrogen and oxygen atoms in total. The van der Waals surface area contributed by atoms with E-state index in [4.69, 9.17) is 0 Å². The molecule has 0 heterocycles. The van der Waals surface area contributed by atoms with Crippen LogP contribution in [0, 0.1) is 11.3 Å². The Morgan fingerprint density at radius 2 is 1.09 bits per heavy atom. The van der Waals surface area contributed by atoms with Crippen molar-refractivity contribution in [1.82, 2.24) is 0 Å². The summed E-state index contributed by atoms with van der Waals surface area (Å²) in [4.78, 5) is 26.3. The molecule has 0 N–H and O–H groups in total. The summed E-state index contributed by atoms with van der Waals surface area (Å²) in [6.45, 7) is 6.17. The van der Waals surface area contributed by atoms with Gasteiger partial charge < -0.3 is 16.9 Å². The van der Waals surface area contributed by atoms with Gasteiger partial charge in [-0.05, 0) is 5.92 Å². The summed E-state index contributed by atoms with van der Waals surface area (Å²) in [6, 6.07) is 29.3. The number of Topliss-reactive ketones (excluding diaryl/α,β-unsaturated/α-hetero) is 2. The van der Waals surface area contributed by atoms with E-state index in [0.717, 1.165) is 17.6 Å². The Labute approximate surface area is 210 Å². The minimum atomic E-state index is -0.215. The summed E-state index contributed by atoms with van der Waals surface area (Å²) in [5, 5.41) is 0. The number of benzene rings is 3. The highest BCUT2D eigenvalue weighted by atomic mass is 35.5. The SMILES string of the molecule is CC(C)(C[N+](C)(C)Cc1ccccc1)C(CC(=O)c1ccccc1)CC(=O)c1ccccc1.[Cl-]. The zero-order valence-corrected chi connectivity index (χ0v) is 21.5. The molecule has 0 radical (unpaired) electrons. The monoisotopic (exact) mass is 477 g/mol. The molecule has 0 aliphatic rings. The van der Waals surface area contributed by atoms with Crippen LogP contribution < -0.4 is 12.4 Å². The minimum Gasteiger partial charge on any atom is -1.00 e. The molecule has 0 aliphatic heterocycles. The molecular weight excluding hydrogens is 442 g/mol. The standard InChI is InChI=1S/C30H36NO2.ClH/c1-30(2,23-31(3,4)22-24-14-8-5-9-15-24)27(20-28(32)25-16-10-6-11-17-25)21-29(33)26-18-12-7-13-19-26;/h5-19,27H,20-23H2,1-4H3;1H/q+1;/p-1. The topological polar surface area (TPSA) is 34.1 Å². The van der Waals surface area contributed by atoms with E-state index in [1.54, 1.807) is 0 Å². The maximum atomic E-state index is 13.2. The van der Waals surface area contributed by atoms with Gasteiger partial charge >= 0.3 is 0 Å². The molecule has 0 saturated heterocycles. The molecule has 4 heteroatoms. The van der Waals surface area contributed by atoms with Crippen LogP contribution in [0.3, 0.4) is 0 Å². The number of carbonyl (C=O) groups excluding carboxylic acids is 2. The van der Waals surface area contributed by atoms with Crippen molar-refractivity contribution >= 4 is 11.6 Å². The molecule has 180 valence electrons. The van der Waals surface area contributed by atoms with Crippen LogP contribution in [0.25, 0.3) is 0 Å². The third-order valence-electron chi connectivity index (χ3n) is 6.45. The van der Waals surface area contributed by atoms with Crippen LogP contribution in [0.15, 0.2) is 91.0 Å². The van der Waals surface area contributed by atoms with Crippen LogP contribution in [0.1, 0.15) is 53.0 Å². The first-order valence-corrected chi connectivity index (χ1v) is 11.7. The fourth-order valence-corrected chi connectivity index (χ4v) is 4.92. The average Bonchev–Trinajstić information content (AvgIpc) is 2.79. The van der Waals surface area contributed by atoms with E-state index < -0.39 is 0 Å². The van der Waals surface area contributed by atoms with Gasteiger partial charge in [-0.25, -0.2) is 0 Å². The van der Waals surface area contributed by atoms with E-state index in [-0.39, 0.29) is 35.3 Å². The Hall–Kier alpha value is -2.75. The van der Waals surface area contributed by atoms with Gasteiger partial charge in [0.1, 0.15) is 6.54 Å². The number of carbonyl (C=O) groups is 2. The molecule has 0 bridgehead atoms. The molecule has 0 fully saturated rings. The smallest absolute Gasteiger partial charge is 0.163 e. The lowest BCUT2D eigenvalue weighted by atomic mass is 9.72. The van der Waals surface area contributed by atoms with Crippen LogP contribution in [0.5, 0.6) is 0 Å². The number of halogens is 1. The maximum Gasteiger partial charge on any atom is 0.163 e. The second kappa shape index (κ2) is 12.1. The summed E-state index contributed by atoms with van der Waals surface area (Å²) in [6.07, 6.45) is 0.724. The Balaban J connectivity index is 0.00000408. The van der Waals surface area contributed by atoms with E-state index in [2.05, 4.69) is 52.2 Å². The lowest BCUT2D eigenvalue weighted by Gasteiger charge is -2.41. The van der Waals surface area contributed by atoms with Crippen molar-refractivity contribution in [2.75, 3.05) is 20.6 Å². The van der Waals surface area contributed by atoms with Gasteiger partial charge in [0.15, 0.2) is 11.6 Å². The van der Waals surface area contributed by atoms with Crippen LogP contribution in [-0.2, 0) is 6.54 Å². The number of quaternary nitrogens is 1. The molecule has 0 atom stereocenters. The van der Waals surface area contributed by atoms with Crippen LogP contribution in [-0.4, -0.2) is 36.7 Å². The predicted molar refractivity (Wildman–Crippen MR) is 135 cm³/mol. The van der Waals surface area contributed by atoms with E-state index >= 15 is 0 Å². The van der Waals surface area contributed by atoms with Crippen LogP contribution in [0.2, 0.25) is 0 Å². The second-order valence-electron chi connectivity index (χ2n) is 10.4. The van der Waals surface area contributed by atoms with Crippen molar-refractivity contribution in [3.8, 4) is 0 Å². The zero-order chi connectivity index (χ0) is 23.9. The first kappa shape index (κ1) is 27.5. The molecule has 0 spiro atoms. The van der Waals surface area contributed by atoms with Crippen molar-refractivity contribution in [3.05, 3.63) is 108 Å². The first-order chi connectivity index (χ1) is 15.7. The largest absolute Gasteiger partial charge is 1.00 e. The van der Waals surface area contributed by atoms with Crippen LogP contribution >= 0.6 is 0 Å². The van der Waals surface area contributed by atoms with Gasteiger partial charge in [-0.15, -0.1) is 0 Å². The average molecular weight is 478 g/mol. The number of hydrogen-bond acceptors (Lipinski definition) is 2. The van der Waals surface area contributed by atoms with Crippen molar-refractivity contribution < 1.29 is 26.5 Å². The molecular formula is C30H36ClNO2. The number of rotatable bonds is 11. The molecule has 0 unspecified atom stereocenters. The quantitative estimate of drug-likeness (QED) is 0.313. The fourth-order valence-electron chi connectivity index (χ4n) is 4.92. The van der Waals surface area contributed by atoms with E-state index in [0.29, 0.717) is 24.0 Å². The van der Waals surface area contributed by atoms with Gasteiger partial charge in [0.25, 0.3) is 0 Å². The van der Waals surface area contributed by atoms with Crippen molar-refractivity contribution in [1.29, 1.82) is 0 Å². The Bertz CT molecular complexity index is 993. The minimum absolute atomic E-state index is 0. The van der Waals surface area contributed by atoms with Gasteiger partial charge in [-0.2, -0.15) is 0 Å². The molecule has 0 saturated carbocycles. The van der Waals surface area contributed by atoms with Gasteiger partial charge in [0, 0.05) is 34.9 Å². The van der Waals surface area contributed by atoms with E-state index in [1.165, 1.54) is 5.56 Å². The highest BCUT2D eigenvalue weighted by Gasteiger charge is 2.38. The molecule has 34 heavy (non-hydrogen) atoms. The molecule has 0 amide bonds. The van der Waals surface area contributed by atoms with E-state index in [9.17, 15) is 9.59 Å². The molecule has 3 aromatic carbocycles. The zero-order valence-electron chi connectivity index (χ0n) is 20.7. The summed E-state index contributed by atoms with van der Waals surface area (Å²) in [5.41, 5.74) is 2.50. The number of nitrogens with zero attached hydrogens (tertiary/aromatic N) is 1. The Kier molecular flexibility index (Phi) is 9.78. The second-order valence-corrected chi connectivity index (χ2v) is 10.4. The van der Waals surface area contributed by atoms with Gasteiger partial charge in [-0.1, -0.05) is 105 Å². The Morgan fingerprint density at radius 3 is 1.50 bits per heavy atom. The molecule has 3 aromatic rings. The third-order valence-corrected chi connectivity index (χ3v) is 6.45. The summed E-state index contributed by atoms with van der Waals surface area (Å²) in [7, 11) is 4.45. The summed E-state index contributed by atoms with van der Waals surface area (Å²) in [5.74, 6) is 0.136. The van der Waals surface area contributed by atoms with Crippen LogP contribution in [0.4, 0.5) is 0 Å². The van der Waals surface area contributed by atoms with Crippen molar-refractivity contribution in [3.63, 3.8) is 0 Å². The highest BCUT2D eigenvalue weighted by molar-refractivity contribution is 5.98. The maximum absolute atomic E-state index is 13.2. The van der Waals surface area contributed by atoms with Gasteiger partial charge in [0.2, 0.25) is 0 Å². The van der Waals surface area contributed by atoms with Crippen molar-refractivity contribution in [2.24, 2.45) is 11.3 Å². The van der Waals surface area contributed by atoms with E-state index in [1.807, 2.05) is 66.7 Å². The first-order valence-electron chi connectivity index (χ1n) is 11.7. The third kappa shape index (κ3) is 7.93. The van der Waals surface area contributed by atoms with Crippen molar-refractivity contribution in [2.45, 2.75) is 33.2 Å². The molecule has 0 aliphatic carbocycles. The highest BCUT2D eigenvalue weighted by Crippen LogP contribution is 2.36. The Morgan fingerprint density at radius 1 is 0.706 bits per heavy atom. The lowest BCUT2D eigenvalue weighted by molar-refractivity contribution is -0.910.